The zero-order valence-electron chi connectivity index (χ0n) is 13.3. The Hall–Kier alpha value is -0.890. The Morgan fingerprint density at radius 2 is 1.48 bits per heavy atom. The summed E-state index contributed by atoms with van der Waals surface area (Å²) in [5, 5.41) is 11.5. The van der Waals surface area contributed by atoms with Crippen molar-refractivity contribution in [1.29, 1.82) is 0 Å². The van der Waals surface area contributed by atoms with E-state index in [0.717, 1.165) is 19.4 Å². The maximum Gasteiger partial charge on any atom is 0.168 e. The third-order valence-electron chi connectivity index (χ3n) is 2.75. The topological polar surface area (TPSA) is 95.5 Å². The van der Waals surface area contributed by atoms with Gasteiger partial charge in [0, 0.05) is 6.61 Å². The number of hydrogen-bond acceptors (Lipinski definition) is 6. The van der Waals surface area contributed by atoms with Gasteiger partial charge in [-0.2, -0.15) is 0 Å². The summed E-state index contributed by atoms with van der Waals surface area (Å²) in [6.07, 6.45) is 2.52. The lowest BCUT2D eigenvalue weighted by Gasteiger charge is -2.14. The summed E-state index contributed by atoms with van der Waals surface area (Å²) < 4.78 is 21.5. The van der Waals surface area contributed by atoms with E-state index < -0.39 is 0 Å². The summed E-state index contributed by atoms with van der Waals surface area (Å²) in [6.45, 7) is 7.95. The number of amidine groups is 1. The van der Waals surface area contributed by atoms with Crippen LogP contribution in [0.25, 0.3) is 0 Å². The predicted molar refractivity (Wildman–Crippen MR) is 80.8 cm³/mol. The van der Waals surface area contributed by atoms with E-state index in [-0.39, 0.29) is 11.9 Å². The molecule has 0 saturated carbocycles. The van der Waals surface area contributed by atoms with Gasteiger partial charge >= 0.3 is 0 Å². The van der Waals surface area contributed by atoms with Gasteiger partial charge in [0.25, 0.3) is 0 Å². The normalized spacial score (nSPS) is 13.5. The van der Waals surface area contributed by atoms with Crippen LogP contribution in [0.15, 0.2) is 5.16 Å². The molecule has 21 heavy (non-hydrogen) atoms. The summed E-state index contributed by atoms with van der Waals surface area (Å²) >= 11 is 0. The largest absolute Gasteiger partial charge is 0.409 e. The van der Waals surface area contributed by atoms with Crippen LogP contribution >= 0.6 is 0 Å². The van der Waals surface area contributed by atoms with E-state index in [1.54, 1.807) is 0 Å². The summed E-state index contributed by atoms with van der Waals surface area (Å²) in [5.41, 5.74) is 5.47. The van der Waals surface area contributed by atoms with Crippen LogP contribution in [0.2, 0.25) is 0 Å². The van der Waals surface area contributed by atoms with Crippen LogP contribution in [-0.4, -0.2) is 63.4 Å². The number of nitrogens with zero attached hydrogens (tertiary/aromatic N) is 1. The SMILES string of the molecule is CCCCOCCOCCOCCOC(CC)C(N)=NO. The molecule has 0 aromatic carbocycles. The molecule has 0 rings (SSSR count). The highest BCUT2D eigenvalue weighted by Gasteiger charge is 2.11. The Bertz CT molecular complexity index is 252. The van der Waals surface area contributed by atoms with Gasteiger partial charge in [0.05, 0.1) is 39.6 Å². The smallest absolute Gasteiger partial charge is 0.168 e. The Kier molecular flexibility index (Phi) is 14.8. The van der Waals surface area contributed by atoms with E-state index in [2.05, 4.69) is 12.1 Å². The van der Waals surface area contributed by atoms with Gasteiger partial charge in [0.2, 0.25) is 0 Å². The third-order valence-corrected chi connectivity index (χ3v) is 2.75. The first kappa shape index (κ1) is 20.1. The highest BCUT2D eigenvalue weighted by molar-refractivity contribution is 5.84. The van der Waals surface area contributed by atoms with E-state index in [0.29, 0.717) is 46.1 Å². The van der Waals surface area contributed by atoms with Gasteiger partial charge in [0.15, 0.2) is 5.84 Å². The lowest BCUT2D eigenvalue weighted by molar-refractivity contribution is -0.00853. The van der Waals surface area contributed by atoms with Gasteiger partial charge < -0.3 is 29.9 Å². The fraction of sp³-hybridized carbons (Fsp3) is 0.929. The van der Waals surface area contributed by atoms with Crippen LogP contribution < -0.4 is 5.73 Å². The van der Waals surface area contributed by atoms with Crippen molar-refractivity contribution in [2.45, 2.75) is 39.2 Å². The Labute approximate surface area is 127 Å². The fourth-order valence-electron chi connectivity index (χ4n) is 1.51. The number of rotatable bonds is 15. The van der Waals surface area contributed by atoms with Crippen molar-refractivity contribution in [1.82, 2.24) is 0 Å². The van der Waals surface area contributed by atoms with Crippen molar-refractivity contribution in [3.05, 3.63) is 0 Å². The van der Waals surface area contributed by atoms with Gasteiger partial charge in [-0.3, -0.25) is 0 Å². The molecule has 0 aromatic rings. The first-order valence-electron chi connectivity index (χ1n) is 7.58. The molecule has 7 nitrogen and oxygen atoms in total. The standard InChI is InChI=1S/C14H30N2O5/c1-3-5-6-18-7-8-19-9-10-20-11-12-21-13(4-2)14(15)16-17/h13,17H,3-12H2,1-2H3,(H2,15,16). The zero-order chi connectivity index (χ0) is 15.8. The van der Waals surface area contributed by atoms with Crippen molar-refractivity contribution < 1.29 is 24.2 Å². The van der Waals surface area contributed by atoms with Crippen LogP contribution in [0.3, 0.4) is 0 Å². The second-order valence-corrected chi connectivity index (χ2v) is 4.48. The van der Waals surface area contributed by atoms with E-state index in [1.165, 1.54) is 0 Å². The van der Waals surface area contributed by atoms with E-state index >= 15 is 0 Å². The van der Waals surface area contributed by atoms with Crippen molar-refractivity contribution in [2.24, 2.45) is 10.9 Å². The Balaban J connectivity index is 3.25. The zero-order valence-corrected chi connectivity index (χ0v) is 13.3. The summed E-state index contributed by atoms with van der Waals surface area (Å²) in [4.78, 5) is 0. The lowest BCUT2D eigenvalue weighted by Crippen LogP contribution is -2.32. The minimum Gasteiger partial charge on any atom is -0.409 e. The molecule has 0 aliphatic rings. The molecule has 0 amide bonds. The molecule has 0 aliphatic carbocycles. The summed E-state index contributed by atoms with van der Waals surface area (Å²) in [6, 6.07) is 0. The summed E-state index contributed by atoms with van der Waals surface area (Å²) in [5.74, 6) is 0.0870. The maximum atomic E-state index is 8.55. The molecule has 1 unspecified atom stereocenters. The summed E-state index contributed by atoms with van der Waals surface area (Å²) in [7, 11) is 0. The second-order valence-electron chi connectivity index (χ2n) is 4.48. The fourth-order valence-corrected chi connectivity index (χ4v) is 1.51. The lowest BCUT2D eigenvalue weighted by atomic mass is 10.2. The molecule has 3 N–H and O–H groups in total. The van der Waals surface area contributed by atoms with Crippen LogP contribution in [0.5, 0.6) is 0 Å². The van der Waals surface area contributed by atoms with Gasteiger partial charge in [-0.05, 0) is 12.8 Å². The molecule has 0 radical (unpaired) electrons. The van der Waals surface area contributed by atoms with Gasteiger partial charge in [-0.1, -0.05) is 25.4 Å². The maximum absolute atomic E-state index is 8.55. The highest BCUT2D eigenvalue weighted by Crippen LogP contribution is 1.98. The van der Waals surface area contributed by atoms with Crippen molar-refractivity contribution >= 4 is 5.84 Å². The van der Waals surface area contributed by atoms with Crippen LogP contribution in [0, 0.1) is 0 Å². The first-order chi connectivity index (χ1) is 10.3. The number of hydrogen-bond donors (Lipinski definition) is 2. The first-order valence-corrected chi connectivity index (χ1v) is 7.58. The molecule has 0 heterocycles. The molecule has 1 atom stereocenters. The van der Waals surface area contributed by atoms with Crippen LogP contribution in [0.4, 0.5) is 0 Å². The minimum absolute atomic E-state index is 0.0870. The highest BCUT2D eigenvalue weighted by atomic mass is 16.6. The van der Waals surface area contributed by atoms with Crippen molar-refractivity contribution in [3.8, 4) is 0 Å². The molecule has 0 aliphatic heterocycles. The third kappa shape index (κ3) is 12.6. The van der Waals surface area contributed by atoms with Gasteiger partial charge in [-0.15, -0.1) is 0 Å². The number of ether oxygens (including phenoxy) is 4. The minimum atomic E-state index is -0.366. The average molecular weight is 306 g/mol. The molecule has 7 heteroatoms. The van der Waals surface area contributed by atoms with E-state index in [4.69, 9.17) is 29.9 Å². The molecule has 0 spiro atoms. The van der Waals surface area contributed by atoms with Crippen molar-refractivity contribution in [2.75, 3.05) is 46.2 Å². The predicted octanol–water partition coefficient (Wildman–Crippen LogP) is 1.38. The van der Waals surface area contributed by atoms with Crippen LogP contribution in [0.1, 0.15) is 33.1 Å². The molecular formula is C14H30N2O5. The quantitative estimate of drug-likeness (QED) is 0.156. The molecule has 0 fully saturated rings. The Morgan fingerprint density at radius 3 is 1.95 bits per heavy atom. The van der Waals surface area contributed by atoms with E-state index in [9.17, 15) is 0 Å². The average Bonchev–Trinajstić information content (AvgIpc) is 2.51. The van der Waals surface area contributed by atoms with Gasteiger partial charge in [-0.25, -0.2) is 0 Å². The number of nitrogens with two attached hydrogens (primary N) is 1. The molecule has 0 aromatic heterocycles. The molecule has 0 saturated heterocycles. The van der Waals surface area contributed by atoms with Crippen LogP contribution in [-0.2, 0) is 18.9 Å². The molecule has 0 bridgehead atoms. The van der Waals surface area contributed by atoms with Gasteiger partial charge in [0.1, 0.15) is 6.10 Å². The number of unbranched alkanes of at least 4 members (excludes halogenated alkanes) is 1. The molecule has 126 valence electrons. The monoisotopic (exact) mass is 306 g/mol. The second kappa shape index (κ2) is 15.5. The Morgan fingerprint density at radius 1 is 0.952 bits per heavy atom. The van der Waals surface area contributed by atoms with Crippen molar-refractivity contribution in [3.63, 3.8) is 0 Å². The number of oxime groups is 1. The molecular weight excluding hydrogens is 276 g/mol. The van der Waals surface area contributed by atoms with E-state index in [1.807, 2.05) is 6.92 Å².